The van der Waals surface area contributed by atoms with E-state index in [1.165, 1.54) is 0 Å². The molecule has 0 bridgehead atoms. The minimum Gasteiger partial charge on any atom is -0.382 e. The average Bonchev–Trinajstić information content (AvgIpc) is 2.26. The van der Waals surface area contributed by atoms with Crippen molar-refractivity contribution in [2.45, 2.75) is 18.5 Å². The normalized spacial score (nSPS) is 14.2. The average molecular weight is 305 g/mol. The minimum absolute atomic E-state index is 0.387. The van der Waals surface area contributed by atoms with Gasteiger partial charge in [-0.15, -0.1) is 0 Å². The van der Waals surface area contributed by atoms with Crippen LogP contribution >= 0.6 is 0 Å². The number of anilines is 1. The van der Waals surface area contributed by atoms with E-state index >= 15 is 0 Å². The Morgan fingerprint density at radius 1 is 1.15 bits per heavy atom. The molecule has 0 fully saturated rings. The first-order valence-corrected chi connectivity index (χ1v) is 5.25. The van der Waals surface area contributed by atoms with Crippen molar-refractivity contribution >= 4 is 5.69 Å². The van der Waals surface area contributed by atoms with Crippen molar-refractivity contribution < 1.29 is 35.8 Å². The number of aliphatic hydroxyl groups excluding tert-OH is 1. The van der Waals surface area contributed by atoms with Crippen LogP contribution in [-0.4, -0.2) is 31.0 Å². The second-order valence-corrected chi connectivity index (χ2v) is 4.10. The maximum Gasteiger partial charge on any atom is 0.416 e. The molecule has 0 saturated heterocycles. The first-order valence-electron chi connectivity index (χ1n) is 5.25. The molecule has 20 heavy (non-hydrogen) atoms. The van der Waals surface area contributed by atoms with Crippen LogP contribution in [0.5, 0.6) is 0 Å². The number of benzene rings is 1. The van der Waals surface area contributed by atoms with E-state index in [0.29, 0.717) is 23.1 Å². The Hall–Kier alpha value is -1.51. The van der Waals surface area contributed by atoms with Crippen molar-refractivity contribution in [2.75, 3.05) is 18.5 Å². The predicted molar refractivity (Wildman–Crippen MR) is 56.7 cm³/mol. The van der Waals surface area contributed by atoms with Gasteiger partial charge in [0.15, 0.2) is 6.10 Å². The van der Waals surface area contributed by atoms with Crippen LogP contribution in [0, 0.1) is 5.82 Å². The maximum absolute atomic E-state index is 13.4. The number of hydrogen-bond acceptors (Lipinski definition) is 2. The fourth-order valence-electron chi connectivity index (χ4n) is 1.44. The molecule has 0 heterocycles. The lowest BCUT2D eigenvalue weighted by molar-refractivity contribution is -0.200. The summed E-state index contributed by atoms with van der Waals surface area (Å²) in [7, 11) is 0.952. The number of aliphatic hydroxyl groups is 1. The Morgan fingerprint density at radius 2 is 1.70 bits per heavy atom. The molecular formula is C11H10F7NO. The monoisotopic (exact) mass is 305 g/mol. The zero-order chi connectivity index (χ0) is 15.7. The molecule has 0 saturated carbocycles. The molecule has 1 rings (SSSR count). The number of halogens is 7. The highest BCUT2D eigenvalue weighted by atomic mass is 19.4. The Morgan fingerprint density at radius 3 is 2.15 bits per heavy atom. The van der Waals surface area contributed by atoms with Crippen LogP contribution in [0.25, 0.3) is 0 Å². The SMILES string of the molecule is CN(CC(O)C(F)(F)F)c1cc(C(F)(F)F)ccc1F. The molecular weight excluding hydrogens is 295 g/mol. The molecule has 1 atom stereocenters. The van der Waals surface area contributed by atoms with Gasteiger partial charge in [-0.05, 0) is 18.2 Å². The van der Waals surface area contributed by atoms with Gasteiger partial charge >= 0.3 is 12.4 Å². The molecule has 114 valence electrons. The van der Waals surface area contributed by atoms with Gasteiger partial charge < -0.3 is 10.0 Å². The van der Waals surface area contributed by atoms with Crippen molar-refractivity contribution in [1.82, 2.24) is 0 Å². The van der Waals surface area contributed by atoms with Crippen molar-refractivity contribution in [1.29, 1.82) is 0 Å². The molecule has 1 aromatic carbocycles. The van der Waals surface area contributed by atoms with Gasteiger partial charge in [0.1, 0.15) is 5.82 Å². The van der Waals surface area contributed by atoms with Gasteiger partial charge in [-0.25, -0.2) is 4.39 Å². The fourth-order valence-corrected chi connectivity index (χ4v) is 1.44. The predicted octanol–water partition coefficient (Wildman–Crippen LogP) is 3.20. The molecule has 0 spiro atoms. The largest absolute Gasteiger partial charge is 0.416 e. The molecule has 9 heteroatoms. The van der Waals surface area contributed by atoms with Gasteiger partial charge in [0, 0.05) is 7.05 Å². The summed E-state index contributed by atoms with van der Waals surface area (Å²) in [6, 6.07) is 1.37. The molecule has 0 aliphatic carbocycles. The van der Waals surface area contributed by atoms with Crippen LogP contribution in [0.1, 0.15) is 5.56 Å². The van der Waals surface area contributed by atoms with E-state index in [1.54, 1.807) is 0 Å². The lowest BCUT2D eigenvalue weighted by Crippen LogP contribution is -2.39. The van der Waals surface area contributed by atoms with Crippen molar-refractivity contribution in [3.63, 3.8) is 0 Å². The zero-order valence-corrected chi connectivity index (χ0v) is 10.1. The molecule has 0 aliphatic heterocycles. The van der Waals surface area contributed by atoms with E-state index in [9.17, 15) is 30.7 Å². The summed E-state index contributed by atoms with van der Waals surface area (Å²) < 4.78 is 87.1. The lowest BCUT2D eigenvalue weighted by Gasteiger charge is -2.25. The second kappa shape index (κ2) is 5.47. The molecule has 2 nitrogen and oxygen atoms in total. The summed E-state index contributed by atoms with van der Waals surface area (Å²) in [6.07, 6.45) is -12.5. The fraction of sp³-hybridized carbons (Fsp3) is 0.455. The Labute approximate surface area is 109 Å². The highest BCUT2D eigenvalue weighted by Gasteiger charge is 2.39. The van der Waals surface area contributed by atoms with Crippen LogP contribution < -0.4 is 4.90 Å². The topological polar surface area (TPSA) is 23.5 Å². The maximum atomic E-state index is 13.4. The van der Waals surface area contributed by atoms with Gasteiger partial charge in [0.25, 0.3) is 0 Å². The quantitative estimate of drug-likeness (QED) is 0.867. The molecule has 0 amide bonds. The van der Waals surface area contributed by atoms with E-state index in [0.717, 1.165) is 7.05 Å². The van der Waals surface area contributed by atoms with E-state index < -0.39 is 42.1 Å². The van der Waals surface area contributed by atoms with Crippen LogP contribution in [-0.2, 0) is 6.18 Å². The zero-order valence-electron chi connectivity index (χ0n) is 10.1. The van der Waals surface area contributed by atoms with Gasteiger partial charge in [-0.1, -0.05) is 0 Å². The molecule has 0 aliphatic rings. The molecule has 0 aromatic heterocycles. The van der Waals surface area contributed by atoms with E-state index in [1.807, 2.05) is 0 Å². The highest BCUT2D eigenvalue weighted by molar-refractivity contribution is 5.50. The number of hydrogen-bond donors (Lipinski definition) is 1. The molecule has 0 radical (unpaired) electrons. The highest BCUT2D eigenvalue weighted by Crippen LogP contribution is 2.33. The van der Waals surface area contributed by atoms with Crippen molar-refractivity contribution in [3.8, 4) is 0 Å². The minimum atomic E-state index is -4.94. The van der Waals surface area contributed by atoms with Crippen LogP contribution in [0.4, 0.5) is 36.4 Å². The summed E-state index contributed by atoms with van der Waals surface area (Å²) in [5.74, 6) is -1.12. The van der Waals surface area contributed by atoms with E-state index in [4.69, 9.17) is 5.11 Å². The second-order valence-electron chi connectivity index (χ2n) is 4.10. The van der Waals surface area contributed by atoms with Gasteiger partial charge in [-0.3, -0.25) is 0 Å². The standard InChI is InChI=1S/C11H10F7NO/c1-19(5-9(20)11(16,17)18)8-4-6(10(13,14)15)2-3-7(8)12/h2-4,9,20H,5H2,1H3. The molecule has 1 N–H and O–H groups in total. The smallest absolute Gasteiger partial charge is 0.382 e. The van der Waals surface area contributed by atoms with Crippen LogP contribution in [0.3, 0.4) is 0 Å². The Bertz CT molecular complexity index is 469. The molecule has 1 unspecified atom stereocenters. The Kier molecular flexibility index (Phi) is 4.52. The van der Waals surface area contributed by atoms with Gasteiger partial charge in [0.2, 0.25) is 0 Å². The van der Waals surface area contributed by atoms with Crippen molar-refractivity contribution in [2.24, 2.45) is 0 Å². The summed E-state index contributed by atoms with van der Waals surface area (Å²) in [5, 5.41) is 8.83. The first kappa shape index (κ1) is 16.5. The number of likely N-dealkylation sites (N-methyl/N-ethyl adjacent to an activating group) is 1. The van der Waals surface area contributed by atoms with E-state index in [-0.39, 0.29) is 0 Å². The summed E-state index contributed by atoms with van der Waals surface area (Å²) in [4.78, 5) is 0.572. The third-order valence-electron chi connectivity index (χ3n) is 2.51. The third-order valence-corrected chi connectivity index (χ3v) is 2.51. The van der Waals surface area contributed by atoms with Gasteiger partial charge in [-0.2, -0.15) is 26.3 Å². The van der Waals surface area contributed by atoms with E-state index in [2.05, 4.69) is 0 Å². The van der Waals surface area contributed by atoms with Crippen LogP contribution in [0.15, 0.2) is 18.2 Å². The first-order chi connectivity index (χ1) is 8.93. The Balaban J connectivity index is 3.01. The van der Waals surface area contributed by atoms with Crippen LogP contribution in [0.2, 0.25) is 0 Å². The number of rotatable bonds is 3. The van der Waals surface area contributed by atoms with Gasteiger partial charge in [0.05, 0.1) is 17.8 Å². The number of nitrogens with zero attached hydrogens (tertiary/aromatic N) is 1. The third kappa shape index (κ3) is 3.99. The summed E-state index contributed by atoms with van der Waals surface area (Å²) >= 11 is 0. The lowest BCUT2D eigenvalue weighted by atomic mass is 10.1. The summed E-state index contributed by atoms with van der Waals surface area (Å²) in [6.45, 7) is -1.08. The number of alkyl halides is 6. The summed E-state index contributed by atoms with van der Waals surface area (Å²) in [5.41, 5.74) is -1.87. The molecule has 1 aromatic rings. The van der Waals surface area contributed by atoms with Crippen molar-refractivity contribution in [3.05, 3.63) is 29.6 Å².